The fourth-order valence-corrected chi connectivity index (χ4v) is 3.07. The van der Waals surface area contributed by atoms with Crippen LogP contribution in [0, 0.1) is 5.82 Å². The highest BCUT2D eigenvalue weighted by atomic mass is 32.1. The molecule has 2 aromatic rings. The Kier molecular flexibility index (Phi) is 7.78. The molecule has 0 radical (unpaired) electrons. The Morgan fingerprint density at radius 2 is 2.00 bits per heavy atom. The zero-order valence-electron chi connectivity index (χ0n) is 14.5. The summed E-state index contributed by atoms with van der Waals surface area (Å²) in [5.74, 6) is -0.359. The van der Waals surface area contributed by atoms with Crippen molar-refractivity contribution >= 4 is 23.3 Å². The highest BCUT2D eigenvalue weighted by Gasteiger charge is 2.03. The van der Waals surface area contributed by atoms with E-state index in [0.717, 1.165) is 28.4 Å². The number of carbonyl (C=O) groups excluding carboxylic acids is 1. The van der Waals surface area contributed by atoms with E-state index in [-0.39, 0.29) is 11.7 Å². The standard InChI is InChI=1S/C19H23FN2O2S/c1-22(13-14-24-2)12-11-21-19(23)10-8-17-7-9-18(25-17)15-3-5-16(20)6-4-15/h3-10H,11-14H2,1-2H3,(H,21,23). The van der Waals surface area contributed by atoms with Crippen LogP contribution in [0.2, 0.25) is 0 Å². The van der Waals surface area contributed by atoms with Crippen LogP contribution in [-0.4, -0.2) is 51.2 Å². The number of thiophene rings is 1. The average molecular weight is 362 g/mol. The van der Waals surface area contributed by atoms with E-state index in [1.54, 1.807) is 36.7 Å². The van der Waals surface area contributed by atoms with Crippen LogP contribution in [0.4, 0.5) is 4.39 Å². The zero-order chi connectivity index (χ0) is 18.1. The van der Waals surface area contributed by atoms with Crippen LogP contribution in [-0.2, 0) is 9.53 Å². The molecule has 0 aliphatic carbocycles. The summed E-state index contributed by atoms with van der Waals surface area (Å²) >= 11 is 1.56. The molecule has 25 heavy (non-hydrogen) atoms. The van der Waals surface area contributed by atoms with Crippen LogP contribution in [0.5, 0.6) is 0 Å². The molecule has 6 heteroatoms. The molecule has 0 aliphatic rings. The van der Waals surface area contributed by atoms with Crippen LogP contribution >= 0.6 is 11.3 Å². The van der Waals surface area contributed by atoms with Gasteiger partial charge in [-0.2, -0.15) is 0 Å². The zero-order valence-corrected chi connectivity index (χ0v) is 15.3. The molecule has 0 atom stereocenters. The third-order valence-corrected chi connectivity index (χ3v) is 4.72. The second-order valence-corrected chi connectivity index (χ2v) is 6.74. The van der Waals surface area contributed by atoms with Crippen LogP contribution in [0.25, 0.3) is 16.5 Å². The van der Waals surface area contributed by atoms with Crippen molar-refractivity contribution in [2.24, 2.45) is 0 Å². The molecule has 0 bridgehead atoms. The number of ether oxygens (including phenoxy) is 1. The quantitative estimate of drug-likeness (QED) is 0.696. The van der Waals surface area contributed by atoms with Crippen LogP contribution in [0.3, 0.4) is 0 Å². The maximum atomic E-state index is 13.0. The average Bonchev–Trinajstić information content (AvgIpc) is 3.08. The lowest BCUT2D eigenvalue weighted by Gasteiger charge is -2.15. The number of nitrogens with zero attached hydrogens (tertiary/aromatic N) is 1. The van der Waals surface area contributed by atoms with E-state index >= 15 is 0 Å². The third-order valence-electron chi connectivity index (χ3n) is 3.62. The molecule has 0 unspecified atom stereocenters. The van der Waals surface area contributed by atoms with Gasteiger partial charge in [0.05, 0.1) is 6.61 Å². The fourth-order valence-electron chi connectivity index (χ4n) is 2.16. The van der Waals surface area contributed by atoms with Gasteiger partial charge in [-0.25, -0.2) is 4.39 Å². The molecule has 0 fully saturated rings. The topological polar surface area (TPSA) is 41.6 Å². The van der Waals surface area contributed by atoms with Gasteiger partial charge in [-0.05, 0) is 43.0 Å². The Bertz CT molecular complexity index is 698. The van der Waals surface area contributed by atoms with E-state index in [4.69, 9.17) is 4.74 Å². The first-order valence-corrected chi connectivity index (χ1v) is 8.89. The molecule has 0 spiro atoms. The predicted octanol–water partition coefficient (Wildman–Crippen LogP) is 3.26. The third kappa shape index (κ3) is 6.78. The number of nitrogens with one attached hydrogen (secondary N) is 1. The molecule has 1 aromatic carbocycles. The Hall–Kier alpha value is -2.02. The number of hydrogen-bond donors (Lipinski definition) is 1. The highest BCUT2D eigenvalue weighted by Crippen LogP contribution is 2.28. The summed E-state index contributed by atoms with van der Waals surface area (Å²) in [6.45, 7) is 2.88. The van der Waals surface area contributed by atoms with Gasteiger partial charge in [0.15, 0.2) is 0 Å². The molecule has 1 heterocycles. The number of carbonyl (C=O) groups is 1. The Labute approximate surface area is 151 Å². The first-order valence-electron chi connectivity index (χ1n) is 8.07. The van der Waals surface area contributed by atoms with Gasteiger partial charge >= 0.3 is 0 Å². The Morgan fingerprint density at radius 3 is 2.72 bits per heavy atom. The van der Waals surface area contributed by atoms with Crippen molar-refractivity contribution in [2.45, 2.75) is 0 Å². The Balaban J connectivity index is 1.79. The molecule has 4 nitrogen and oxygen atoms in total. The summed E-state index contributed by atoms with van der Waals surface area (Å²) in [6.07, 6.45) is 3.33. The normalized spacial score (nSPS) is 11.4. The van der Waals surface area contributed by atoms with E-state index in [1.165, 1.54) is 18.2 Å². The summed E-state index contributed by atoms with van der Waals surface area (Å²) in [6, 6.07) is 10.3. The van der Waals surface area contributed by atoms with Gasteiger partial charge in [0.1, 0.15) is 5.82 Å². The summed E-state index contributed by atoms with van der Waals surface area (Å²) in [4.78, 5) is 16.0. The molecule has 2 rings (SSSR count). The molecule has 1 N–H and O–H groups in total. The number of likely N-dealkylation sites (N-methyl/N-ethyl adjacent to an activating group) is 1. The minimum Gasteiger partial charge on any atom is -0.383 e. The lowest BCUT2D eigenvalue weighted by Crippen LogP contribution is -2.33. The van der Waals surface area contributed by atoms with E-state index in [9.17, 15) is 9.18 Å². The van der Waals surface area contributed by atoms with Gasteiger partial charge < -0.3 is 15.0 Å². The number of amides is 1. The fraction of sp³-hybridized carbons (Fsp3) is 0.316. The van der Waals surface area contributed by atoms with Crippen molar-refractivity contribution < 1.29 is 13.9 Å². The van der Waals surface area contributed by atoms with Gasteiger partial charge in [0, 0.05) is 42.6 Å². The molecule has 0 saturated carbocycles. The first-order chi connectivity index (χ1) is 12.1. The number of methoxy groups -OCH3 is 1. The number of benzene rings is 1. The lowest BCUT2D eigenvalue weighted by atomic mass is 10.2. The lowest BCUT2D eigenvalue weighted by molar-refractivity contribution is -0.116. The molecule has 0 aliphatic heterocycles. The summed E-state index contributed by atoms with van der Waals surface area (Å²) in [5.41, 5.74) is 0.967. The van der Waals surface area contributed by atoms with Gasteiger partial charge in [0.25, 0.3) is 0 Å². The number of hydrogen-bond acceptors (Lipinski definition) is 4. The van der Waals surface area contributed by atoms with Crippen LogP contribution in [0.15, 0.2) is 42.5 Å². The summed E-state index contributed by atoms with van der Waals surface area (Å²) in [5, 5.41) is 2.86. The smallest absolute Gasteiger partial charge is 0.244 e. The van der Waals surface area contributed by atoms with Crippen molar-refractivity contribution in [2.75, 3.05) is 40.4 Å². The van der Waals surface area contributed by atoms with Crippen molar-refractivity contribution in [3.63, 3.8) is 0 Å². The van der Waals surface area contributed by atoms with E-state index in [0.29, 0.717) is 13.2 Å². The Morgan fingerprint density at radius 1 is 1.24 bits per heavy atom. The summed E-state index contributed by atoms with van der Waals surface area (Å²) in [7, 11) is 3.66. The highest BCUT2D eigenvalue weighted by molar-refractivity contribution is 7.16. The largest absolute Gasteiger partial charge is 0.383 e. The van der Waals surface area contributed by atoms with Crippen LogP contribution in [0.1, 0.15) is 4.88 Å². The predicted molar refractivity (Wildman–Crippen MR) is 101 cm³/mol. The SMILES string of the molecule is COCCN(C)CCNC(=O)C=Cc1ccc(-c2ccc(F)cc2)s1. The second-order valence-electron chi connectivity index (χ2n) is 5.63. The number of rotatable bonds is 9. The van der Waals surface area contributed by atoms with Crippen LogP contribution < -0.4 is 5.32 Å². The maximum absolute atomic E-state index is 13.0. The maximum Gasteiger partial charge on any atom is 0.244 e. The number of halogens is 1. The molecule has 1 aromatic heterocycles. The minimum atomic E-state index is -0.245. The minimum absolute atomic E-state index is 0.114. The monoisotopic (exact) mass is 362 g/mol. The molecular formula is C19H23FN2O2S. The van der Waals surface area contributed by atoms with Gasteiger partial charge in [0.2, 0.25) is 5.91 Å². The van der Waals surface area contributed by atoms with Crippen molar-refractivity contribution in [1.82, 2.24) is 10.2 Å². The van der Waals surface area contributed by atoms with E-state index < -0.39 is 0 Å². The van der Waals surface area contributed by atoms with E-state index in [1.807, 2.05) is 19.2 Å². The summed E-state index contributed by atoms with van der Waals surface area (Å²) < 4.78 is 18.0. The molecular weight excluding hydrogens is 339 g/mol. The van der Waals surface area contributed by atoms with E-state index in [2.05, 4.69) is 10.2 Å². The van der Waals surface area contributed by atoms with Crippen molar-refractivity contribution in [1.29, 1.82) is 0 Å². The van der Waals surface area contributed by atoms with Gasteiger partial charge in [-0.15, -0.1) is 11.3 Å². The molecule has 0 saturated heterocycles. The van der Waals surface area contributed by atoms with Gasteiger partial charge in [-0.1, -0.05) is 12.1 Å². The second kappa shape index (κ2) is 10.1. The van der Waals surface area contributed by atoms with Crippen molar-refractivity contribution in [3.8, 4) is 10.4 Å². The molecule has 134 valence electrons. The first kappa shape index (κ1) is 19.3. The van der Waals surface area contributed by atoms with Crippen molar-refractivity contribution in [3.05, 3.63) is 53.2 Å². The van der Waals surface area contributed by atoms with Gasteiger partial charge in [-0.3, -0.25) is 4.79 Å². The molecule has 1 amide bonds.